The maximum absolute atomic E-state index is 5.29. The minimum atomic E-state index is 0.737. The molecule has 0 spiro atoms. The van der Waals surface area contributed by atoms with Crippen LogP contribution < -0.4 is 11.3 Å². The molecule has 0 amide bonds. The third kappa shape index (κ3) is 1.72. The highest BCUT2D eigenvalue weighted by Crippen LogP contribution is 2.13. The van der Waals surface area contributed by atoms with E-state index in [1.165, 1.54) is 0 Å². The van der Waals surface area contributed by atoms with Gasteiger partial charge in [-0.2, -0.15) is 0 Å². The summed E-state index contributed by atoms with van der Waals surface area (Å²) in [6.07, 6.45) is 5.58. The first-order valence-corrected chi connectivity index (χ1v) is 4.01. The summed E-state index contributed by atoms with van der Waals surface area (Å²) in [5, 5.41) is 0. The quantitative estimate of drug-likeness (QED) is 0.372. The molecule has 1 heterocycles. The fraction of sp³-hybridized carbons (Fsp3) is 0.125. The molecule has 0 aliphatic carbocycles. The first-order chi connectivity index (χ1) is 5.79. The van der Waals surface area contributed by atoms with Gasteiger partial charge in [0.25, 0.3) is 0 Å². The van der Waals surface area contributed by atoms with E-state index in [-0.39, 0.29) is 0 Å². The van der Waals surface area contributed by atoms with Crippen LogP contribution in [0.15, 0.2) is 18.3 Å². The van der Waals surface area contributed by atoms with Gasteiger partial charge < -0.3 is 10.4 Å². The Morgan fingerprint density at radius 2 is 2.42 bits per heavy atom. The third-order valence-electron chi connectivity index (χ3n) is 1.47. The zero-order chi connectivity index (χ0) is 8.97. The number of hydrogen-bond acceptors (Lipinski definition) is 3. The molecule has 0 bridgehead atoms. The second-order valence-corrected chi connectivity index (χ2v) is 2.71. The molecule has 0 radical (unpaired) electrons. The Balaban J connectivity index is 3.29. The number of aromatic amines is 1. The average molecular weight is 181 g/mol. The summed E-state index contributed by atoms with van der Waals surface area (Å²) in [6.45, 7) is 1.93. The van der Waals surface area contributed by atoms with Crippen molar-refractivity contribution in [2.75, 3.05) is 5.43 Å². The Kier molecular flexibility index (Phi) is 3.01. The number of H-pyrrole nitrogens is 1. The summed E-state index contributed by atoms with van der Waals surface area (Å²) in [5.41, 5.74) is 3.46. The first-order valence-electron chi connectivity index (χ1n) is 3.60. The van der Waals surface area contributed by atoms with Gasteiger partial charge in [-0.05, 0) is 13.0 Å². The average Bonchev–Trinajstić information content (AvgIpc) is 2.09. The standard InChI is InChI=1S/C8H11N3S/c1-2-3-6-7(12)4-5-10-8(6)11-9/h2-5H,9H2,1H3,(H2,10,11,12)/b3-2-. The smallest absolute Gasteiger partial charge is 0.126 e. The normalized spacial score (nSPS) is 10.5. The van der Waals surface area contributed by atoms with Gasteiger partial charge in [0.15, 0.2) is 0 Å². The van der Waals surface area contributed by atoms with Gasteiger partial charge in [0.1, 0.15) is 5.82 Å². The Hall–Kier alpha value is -1.13. The highest BCUT2D eigenvalue weighted by atomic mass is 32.1. The van der Waals surface area contributed by atoms with Crippen LogP contribution >= 0.6 is 12.2 Å². The summed E-state index contributed by atoms with van der Waals surface area (Å²) >= 11 is 5.10. The first kappa shape index (κ1) is 8.96. The van der Waals surface area contributed by atoms with Crippen LogP contribution in [-0.4, -0.2) is 4.98 Å². The molecule has 0 fully saturated rings. The van der Waals surface area contributed by atoms with Gasteiger partial charge in [-0.3, -0.25) is 0 Å². The van der Waals surface area contributed by atoms with Crippen LogP contribution in [0.1, 0.15) is 12.5 Å². The van der Waals surface area contributed by atoms with E-state index >= 15 is 0 Å². The lowest BCUT2D eigenvalue weighted by molar-refractivity contribution is 1.22. The predicted molar refractivity (Wildman–Crippen MR) is 54.1 cm³/mol. The number of nitrogen functional groups attached to an aromatic ring is 1. The molecule has 1 aromatic heterocycles. The monoisotopic (exact) mass is 181 g/mol. The van der Waals surface area contributed by atoms with E-state index in [1.54, 1.807) is 6.20 Å². The molecule has 0 saturated carbocycles. The van der Waals surface area contributed by atoms with Gasteiger partial charge in [0.05, 0.1) is 4.51 Å². The molecule has 0 atom stereocenters. The SMILES string of the molecule is C/C=C\c1c(NN)[nH]ccc1=S. The fourth-order valence-electron chi connectivity index (χ4n) is 0.943. The van der Waals surface area contributed by atoms with Crippen molar-refractivity contribution in [3.63, 3.8) is 0 Å². The van der Waals surface area contributed by atoms with Crippen LogP contribution in [0, 0.1) is 4.51 Å². The number of pyridine rings is 1. The van der Waals surface area contributed by atoms with E-state index < -0.39 is 0 Å². The van der Waals surface area contributed by atoms with Gasteiger partial charge in [-0.25, -0.2) is 5.84 Å². The van der Waals surface area contributed by atoms with Gasteiger partial charge >= 0.3 is 0 Å². The summed E-state index contributed by atoms with van der Waals surface area (Å²) < 4.78 is 0.778. The van der Waals surface area contributed by atoms with Gasteiger partial charge in [-0.1, -0.05) is 24.4 Å². The molecule has 3 nitrogen and oxygen atoms in total. The van der Waals surface area contributed by atoms with Gasteiger partial charge in [0.2, 0.25) is 0 Å². The van der Waals surface area contributed by atoms with Crippen LogP contribution in [0.25, 0.3) is 6.08 Å². The molecule has 0 unspecified atom stereocenters. The van der Waals surface area contributed by atoms with Gasteiger partial charge in [0, 0.05) is 11.8 Å². The number of nitrogens with one attached hydrogen (secondary N) is 2. The van der Waals surface area contributed by atoms with Crippen molar-refractivity contribution in [3.05, 3.63) is 28.4 Å². The molecule has 0 aromatic carbocycles. The molecule has 4 N–H and O–H groups in total. The minimum Gasteiger partial charge on any atom is -0.347 e. The van der Waals surface area contributed by atoms with Crippen LogP contribution in [-0.2, 0) is 0 Å². The summed E-state index contributed by atoms with van der Waals surface area (Å²) in [7, 11) is 0. The largest absolute Gasteiger partial charge is 0.347 e. The molecule has 1 aromatic rings. The Labute approximate surface area is 76.3 Å². The lowest BCUT2D eigenvalue weighted by Crippen LogP contribution is -2.09. The van der Waals surface area contributed by atoms with E-state index in [9.17, 15) is 0 Å². The Bertz CT molecular complexity index is 340. The number of rotatable bonds is 2. The summed E-state index contributed by atoms with van der Waals surface area (Å²) in [6, 6.07) is 1.82. The number of hydrogen-bond donors (Lipinski definition) is 3. The molecule has 0 aliphatic heterocycles. The highest BCUT2D eigenvalue weighted by molar-refractivity contribution is 7.71. The van der Waals surface area contributed by atoms with Crippen molar-refractivity contribution in [1.82, 2.24) is 4.98 Å². The highest BCUT2D eigenvalue weighted by Gasteiger charge is 1.97. The van der Waals surface area contributed by atoms with Crippen molar-refractivity contribution in [2.45, 2.75) is 6.92 Å². The van der Waals surface area contributed by atoms with E-state index in [1.807, 2.05) is 25.1 Å². The predicted octanol–water partition coefficient (Wildman–Crippen LogP) is 2.06. The Morgan fingerprint density at radius 1 is 1.67 bits per heavy atom. The zero-order valence-corrected chi connectivity index (χ0v) is 7.61. The van der Waals surface area contributed by atoms with Crippen LogP contribution in [0.5, 0.6) is 0 Å². The molecule has 0 aliphatic rings. The van der Waals surface area contributed by atoms with Crippen LogP contribution in [0.3, 0.4) is 0 Å². The summed E-state index contributed by atoms with van der Waals surface area (Å²) in [5.74, 6) is 6.03. The molecule has 12 heavy (non-hydrogen) atoms. The van der Waals surface area contributed by atoms with Crippen molar-refractivity contribution in [3.8, 4) is 0 Å². The second-order valence-electron chi connectivity index (χ2n) is 2.27. The maximum Gasteiger partial charge on any atom is 0.126 e. The fourth-order valence-corrected chi connectivity index (χ4v) is 1.18. The number of nitrogens with two attached hydrogens (primary N) is 1. The van der Waals surface area contributed by atoms with Crippen molar-refractivity contribution in [1.29, 1.82) is 0 Å². The van der Waals surface area contributed by atoms with Crippen molar-refractivity contribution < 1.29 is 0 Å². The molecular weight excluding hydrogens is 170 g/mol. The minimum absolute atomic E-state index is 0.737. The van der Waals surface area contributed by atoms with E-state index in [2.05, 4.69) is 10.4 Å². The second kappa shape index (κ2) is 4.04. The lowest BCUT2D eigenvalue weighted by atomic mass is 10.2. The third-order valence-corrected chi connectivity index (χ3v) is 1.83. The number of allylic oxidation sites excluding steroid dienone is 1. The molecule has 64 valence electrons. The van der Waals surface area contributed by atoms with Crippen molar-refractivity contribution in [2.24, 2.45) is 5.84 Å². The molecule has 1 rings (SSSR count). The molecule has 0 saturated heterocycles. The Morgan fingerprint density at radius 3 is 3.00 bits per heavy atom. The number of aromatic nitrogens is 1. The number of anilines is 1. The van der Waals surface area contributed by atoms with Crippen LogP contribution in [0.2, 0.25) is 0 Å². The number of hydrazine groups is 1. The van der Waals surface area contributed by atoms with E-state index in [4.69, 9.17) is 18.1 Å². The molecular formula is C8H11N3S. The zero-order valence-electron chi connectivity index (χ0n) is 6.79. The van der Waals surface area contributed by atoms with E-state index in [0.717, 1.165) is 15.9 Å². The topological polar surface area (TPSA) is 53.8 Å². The van der Waals surface area contributed by atoms with Crippen molar-refractivity contribution >= 4 is 24.1 Å². The lowest BCUT2D eigenvalue weighted by Gasteiger charge is -2.03. The summed E-state index contributed by atoms with van der Waals surface area (Å²) in [4.78, 5) is 2.96. The van der Waals surface area contributed by atoms with Crippen LogP contribution in [0.4, 0.5) is 5.82 Å². The maximum atomic E-state index is 5.29. The molecule has 4 heteroatoms. The van der Waals surface area contributed by atoms with E-state index in [0.29, 0.717) is 0 Å². The van der Waals surface area contributed by atoms with Gasteiger partial charge in [-0.15, -0.1) is 0 Å².